The van der Waals surface area contributed by atoms with Crippen molar-refractivity contribution in [1.82, 2.24) is 9.97 Å². The highest BCUT2D eigenvalue weighted by Gasteiger charge is 2.05. The van der Waals surface area contributed by atoms with Gasteiger partial charge in [0.2, 0.25) is 0 Å². The van der Waals surface area contributed by atoms with E-state index >= 15 is 0 Å². The third kappa shape index (κ3) is 3.89. The van der Waals surface area contributed by atoms with Crippen molar-refractivity contribution in [2.75, 3.05) is 11.9 Å². The van der Waals surface area contributed by atoms with E-state index < -0.39 is 0 Å². The summed E-state index contributed by atoms with van der Waals surface area (Å²) < 4.78 is 5.69. The highest BCUT2D eigenvalue weighted by Crippen LogP contribution is 2.28. The molecule has 0 bridgehead atoms. The van der Waals surface area contributed by atoms with E-state index in [1.165, 1.54) is 0 Å². The molecule has 0 aliphatic heterocycles. The quantitative estimate of drug-likeness (QED) is 0.846. The van der Waals surface area contributed by atoms with E-state index in [1.54, 1.807) is 0 Å². The van der Waals surface area contributed by atoms with Gasteiger partial charge in [0.25, 0.3) is 0 Å². The SMILES string of the molecule is CCCOc1ccc(Cl)cc1NCc1cnc(C)[nH]1. The zero-order chi connectivity index (χ0) is 13.7. The van der Waals surface area contributed by atoms with Gasteiger partial charge in [-0.15, -0.1) is 0 Å². The first-order valence-electron chi connectivity index (χ1n) is 6.35. The molecule has 0 saturated heterocycles. The average Bonchev–Trinajstić information content (AvgIpc) is 2.81. The first-order valence-corrected chi connectivity index (χ1v) is 6.73. The van der Waals surface area contributed by atoms with Crippen molar-refractivity contribution in [2.45, 2.75) is 26.8 Å². The lowest BCUT2D eigenvalue weighted by atomic mass is 10.3. The number of ether oxygens (including phenoxy) is 1. The highest BCUT2D eigenvalue weighted by molar-refractivity contribution is 6.30. The Morgan fingerprint density at radius 2 is 2.26 bits per heavy atom. The average molecular weight is 280 g/mol. The fourth-order valence-corrected chi connectivity index (χ4v) is 1.90. The molecule has 0 aliphatic rings. The van der Waals surface area contributed by atoms with Crippen molar-refractivity contribution in [3.63, 3.8) is 0 Å². The predicted octanol–water partition coefficient (Wildman–Crippen LogP) is 3.77. The highest BCUT2D eigenvalue weighted by atomic mass is 35.5. The Hall–Kier alpha value is -1.68. The van der Waals surface area contributed by atoms with Crippen LogP contribution >= 0.6 is 11.6 Å². The molecule has 0 saturated carbocycles. The van der Waals surface area contributed by atoms with Gasteiger partial charge >= 0.3 is 0 Å². The number of aromatic nitrogens is 2. The predicted molar refractivity (Wildman–Crippen MR) is 77.9 cm³/mol. The minimum Gasteiger partial charge on any atom is -0.491 e. The third-order valence-electron chi connectivity index (χ3n) is 2.63. The maximum Gasteiger partial charge on any atom is 0.142 e. The van der Waals surface area contributed by atoms with Crippen LogP contribution in [0.3, 0.4) is 0 Å². The molecule has 2 rings (SSSR count). The number of hydrogen-bond acceptors (Lipinski definition) is 3. The Kier molecular flexibility index (Phi) is 4.68. The largest absolute Gasteiger partial charge is 0.491 e. The normalized spacial score (nSPS) is 10.5. The van der Waals surface area contributed by atoms with Crippen LogP contribution in [0.4, 0.5) is 5.69 Å². The molecule has 1 heterocycles. The molecule has 1 aromatic heterocycles. The standard InChI is InChI=1S/C14H18ClN3O/c1-3-6-19-14-5-4-11(15)7-13(14)17-9-12-8-16-10(2)18-12/h4-5,7-8,17H,3,6,9H2,1-2H3,(H,16,18). The summed E-state index contributed by atoms with van der Waals surface area (Å²) in [7, 11) is 0. The smallest absolute Gasteiger partial charge is 0.142 e. The van der Waals surface area contributed by atoms with Gasteiger partial charge in [0.15, 0.2) is 0 Å². The number of hydrogen-bond donors (Lipinski definition) is 2. The van der Waals surface area contributed by atoms with Crippen LogP contribution in [0.25, 0.3) is 0 Å². The van der Waals surface area contributed by atoms with Gasteiger partial charge in [-0.1, -0.05) is 18.5 Å². The number of aromatic amines is 1. The zero-order valence-corrected chi connectivity index (χ0v) is 11.9. The Balaban J connectivity index is 2.06. The van der Waals surface area contributed by atoms with Gasteiger partial charge in [-0.25, -0.2) is 4.98 Å². The summed E-state index contributed by atoms with van der Waals surface area (Å²) in [5, 5.41) is 4.00. The summed E-state index contributed by atoms with van der Waals surface area (Å²) >= 11 is 6.02. The second-order valence-electron chi connectivity index (χ2n) is 4.34. The molecule has 4 nitrogen and oxygen atoms in total. The molecule has 2 N–H and O–H groups in total. The Bertz CT molecular complexity index is 539. The number of H-pyrrole nitrogens is 1. The summed E-state index contributed by atoms with van der Waals surface area (Å²) in [5.74, 6) is 1.73. The van der Waals surface area contributed by atoms with Crippen LogP contribution < -0.4 is 10.1 Å². The van der Waals surface area contributed by atoms with Crippen molar-refractivity contribution in [3.05, 3.63) is 40.9 Å². The number of imidazole rings is 1. The van der Waals surface area contributed by atoms with Crippen molar-refractivity contribution < 1.29 is 4.74 Å². The van der Waals surface area contributed by atoms with E-state index in [0.29, 0.717) is 18.2 Å². The lowest BCUT2D eigenvalue weighted by Crippen LogP contribution is -2.04. The fraction of sp³-hybridized carbons (Fsp3) is 0.357. The van der Waals surface area contributed by atoms with Crippen LogP contribution in [0, 0.1) is 6.92 Å². The molecular formula is C14H18ClN3O. The van der Waals surface area contributed by atoms with Crippen LogP contribution in [-0.2, 0) is 6.54 Å². The molecule has 102 valence electrons. The number of nitrogens with one attached hydrogen (secondary N) is 2. The zero-order valence-electron chi connectivity index (χ0n) is 11.2. The lowest BCUT2D eigenvalue weighted by molar-refractivity contribution is 0.319. The molecule has 0 spiro atoms. The Labute approximate surface area is 118 Å². The second-order valence-corrected chi connectivity index (χ2v) is 4.77. The fourth-order valence-electron chi connectivity index (χ4n) is 1.73. The van der Waals surface area contributed by atoms with Gasteiger partial charge in [-0.05, 0) is 31.5 Å². The topological polar surface area (TPSA) is 49.9 Å². The van der Waals surface area contributed by atoms with Crippen molar-refractivity contribution in [1.29, 1.82) is 0 Å². The second kappa shape index (κ2) is 6.48. The van der Waals surface area contributed by atoms with Crippen molar-refractivity contribution in [2.24, 2.45) is 0 Å². The van der Waals surface area contributed by atoms with Crippen LogP contribution in [0.1, 0.15) is 24.9 Å². The first-order chi connectivity index (χ1) is 9.19. The van der Waals surface area contributed by atoms with E-state index in [2.05, 4.69) is 22.2 Å². The summed E-state index contributed by atoms with van der Waals surface area (Å²) in [4.78, 5) is 7.34. The summed E-state index contributed by atoms with van der Waals surface area (Å²) in [5.41, 5.74) is 1.92. The minimum absolute atomic E-state index is 0.656. The molecule has 5 heteroatoms. The molecule has 0 fully saturated rings. The molecule has 0 aliphatic carbocycles. The minimum atomic E-state index is 0.656. The number of halogens is 1. The van der Waals surface area contributed by atoms with Crippen LogP contribution in [0.15, 0.2) is 24.4 Å². The van der Waals surface area contributed by atoms with Gasteiger partial charge in [0.05, 0.1) is 30.7 Å². The molecule has 19 heavy (non-hydrogen) atoms. The molecule has 2 aromatic rings. The van der Waals surface area contributed by atoms with E-state index in [0.717, 1.165) is 29.4 Å². The maximum atomic E-state index is 6.02. The van der Waals surface area contributed by atoms with Crippen LogP contribution in [0.5, 0.6) is 5.75 Å². The Morgan fingerprint density at radius 1 is 1.42 bits per heavy atom. The lowest BCUT2D eigenvalue weighted by Gasteiger charge is -2.12. The number of anilines is 1. The number of nitrogens with zero attached hydrogens (tertiary/aromatic N) is 1. The van der Waals surface area contributed by atoms with Crippen molar-refractivity contribution in [3.8, 4) is 5.75 Å². The summed E-state index contributed by atoms with van der Waals surface area (Å²) in [6.07, 6.45) is 2.79. The van der Waals surface area contributed by atoms with Crippen LogP contribution in [0.2, 0.25) is 5.02 Å². The number of aryl methyl sites for hydroxylation is 1. The van der Waals surface area contributed by atoms with E-state index in [-0.39, 0.29) is 0 Å². The van der Waals surface area contributed by atoms with Gasteiger partial charge in [0.1, 0.15) is 11.6 Å². The van der Waals surface area contributed by atoms with E-state index in [4.69, 9.17) is 16.3 Å². The molecular weight excluding hydrogens is 262 g/mol. The number of rotatable bonds is 6. The number of benzene rings is 1. The van der Waals surface area contributed by atoms with Crippen LogP contribution in [-0.4, -0.2) is 16.6 Å². The monoisotopic (exact) mass is 279 g/mol. The molecule has 0 unspecified atom stereocenters. The van der Waals surface area contributed by atoms with Gasteiger partial charge < -0.3 is 15.0 Å². The van der Waals surface area contributed by atoms with E-state index in [1.807, 2.05) is 31.3 Å². The maximum absolute atomic E-state index is 6.02. The third-order valence-corrected chi connectivity index (χ3v) is 2.86. The molecule has 0 atom stereocenters. The first kappa shape index (κ1) is 13.7. The molecule has 0 radical (unpaired) electrons. The van der Waals surface area contributed by atoms with Gasteiger partial charge in [-0.3, -0.25) is 0 Å². The molecule has 1 aromatic carbocycles. The van der Waals surface area contributed by atoms with Crippen molar-refractivity contribution >= 4 is 17.3 Å². The summed E-state index contributed by atoms with van der Waals surface area (Å²) in [6.45, 7) is 5.36. The molecule has 0 amide bonds. The summed E-state index contributed by atoms with van der Waals surface area (Å²) in [6, 6.07) is 5.59. The van der Waals surface area contributed by atoms with E-state index in [9.17, 15) is 0 Å². The Morgan fingerprint density at radius 3 is 2.95 bits per heavy atom. The van der Waals surface area contributed by atoms with Gasteiger partial charge in [0, 0.05) is 5.02 Å². The van der Waals surface area contributed by atoms with Gasteiger partial charge in [-0.2, -0.15) is 0 Å².